The molecular weight excluding hydrogens is 508 g/mol. The molecule has 4 aliphatic rings. The van der Waals surface area contributed by atoms with Crippen LogP contribution in [0.3, 0.4) is 0 Å². The predicted octanol–water partition coefficient (Wildman–Crippen LogP) is 4.02. The second-order valence-electron chi connectivity index (χ2n) is 11.7. The van der Waals surface area contributed by atoms with Gasteiger partial charge in [-0.3, -0.25) is 14.4 Å². The van der Waals surface area contributed by atoms with E-state index in [1.807, 2.05) is 46.2 Å². The molecule has 2 amide bonds. The van der Waals surface area contributed by atoms with Crippen molar-refractivity contribution in [2.24, 2.45) is 17.3 Å². The van der Waals surface area contributed by atoms with E-state index >= 15 is 0 Å². The van der Waals surface area contributed by atoms with Crippen LogP contribution in [0.5, 0.6) is 5.75 Å². The van der Waals surface area contributed by atoms with Gasteiger partial charge >= 0.3 is 5.97 Å². The zero-order valence-electron chi connectivity index (χ0n) is 23.7. The quantitative estimate of drug-likeness (QED) is 0.515. The van der Waals surface area contributed by atoms with E-state index in [9.17, 15) is 19.5 Å². The molecule has 2 saturated heterocycles. The monoisotopic (exact) mass is 550 g/mol. The number of aliphatic hydroxyl groups excluding tert-OH is 1. The number of hydrogen-bond donors (Lipinski definition) is 1. The summed E-state index contributed by atoms with van der Waals surface area (Å²) in [6, 6.07) is 7.14. The summed E-state index contributed by atoms with van der Waals surface area (Å²) in [5, 5.41) is 11.2. The minimum atomic E-state index is -0.953. The maximum Gasteiger partial charge on any atom is 0.308 e. The molecule has 5 atom stereocenters. The molecule has 3 aliphatic heterocycles. The first-order valence-electron chi connectivity index (χ1n) is 14.7. The second kappa shape index (κ2) is 11.8. The lowest BCUT2D eigenvalue weighted by Gasteiger charge is -2.63. The van der Waals surface area contributed by atoms with Gasteiger partial charge in [0.15, 0.2) is 0 Å². The fraction of sp³-hybridized carbons (Fsp3) is 0.594. The Labute approximate surface area is 237 Å². The van der Waals surface area contributed by atoms with Crippen LogP contribution in [0.4, 0.5) is 0 Å². The molecule has 3 heterocycles. The van der Waals surface area contributed by atoms with Gasteiger partial charge in [0.1, 0.15) is 5.75 Å². The van der Waals surface area contributed by atoms with Gasteiger partial charge in [-0.15, -0.1) is 0 Å². The average molecular weight is 551 g/mol. The molecule has 0 spiro atoms. The van der Waals surface area contributed by atoms with Gasteiger partial charge in [-0.25, -0.2) is 0 Å². The van der Waals surface area contributed by atoms with Crippen LogP contribution < -0.4 is 4.74 Å². The molecule has 4 bridgehead atoms. The first-order chi connectivity index (χ1) is 19.4. The number of esters is 1. The van der Waals surface area contributed by atoms with Crippen LogP contribution in [-0.4, -0.2) is 71.1 Å². The van der Waals surface area contributed by atoms with Gasteiger partial charge < -0.3 is 24.4 Å². The van der Waals surface area contributed by atoms with Crippen LogP contribution in [0.2, 0.25) is 0 Å². The highest BCUT2D eigenvalue weighted by atomic mass is 16.5. The third-order valence-corrected chi connectivity index (χ3v) is 9.71. The van der Waals surface area contributed by atoms with Crippen LogP contribution in [0.15, 0.2) is 48.6 Å². The van der Waals surface area contributed by atoms with Crippen molar-refractivity contribution in [3.05, 3.63) is 54.1 Å². The Balaban J connectivity index is 1.66. The number of benzene rings is 1. The van der Waals surface area contributed by atoms with Crippen LogP contribution in [0, 0.1) is 17.3 Å². The van der Waals surface area contributed by atoms with Crippen molar-refractivity contribution in [2.75, 3.05) is 26.9 Å². The lowest BCUT2D eigenvalue weighted by Crippen LogP contribution is -2.74. The van der Waals surface area contributed by atoms with Crippen molar-refractivity contribution < 1.29 is 29.0 Å². The van der Waals surface area contributed by atoms with Gasteiger partial charge in [-0.2, -0.15) is 0 Å². The van der Waals surface area contributed by atoms with E-state index in [2.05, 4.69) is 12.2 Å². The summed E-state index contributed by atoms with van der Waals surface area (Å²) in [5.41, 5.74) is -0.739. The summed E-state index contributed by atoms with van der Waals surface area (Å²) in [6.07, 6.45) is 12.7. The predicted molar refractivity (Wildman–Crippen MR) is 150 cm³/mol. The van der Waals surface area contributed by atoms with Gasteiger partial charge in [0.25, 0.3) is 0 Å². The van der Waals surface area contributed by atoms with E-state index in [-0.39, 0.29) is 49.3 Å². The maximum absolute atomic E-state index is 14.3. The SMILES string of the molecule is CCOC(=O)C[C@@]12[C@@H]3CCN4C(=O)CCCC=CC=CCC[C@@](CO)(C[C@@H]3C(=O)N1Cc1ccc(OC)cc1)[C@H]42. The smallest absolute Gasteiger partial charge is 0.308 e. The van der Waals surface area contributed by atoms with Crippen molar-refractivity contribution in [3.8, 4) is 5.75 Å². The van der Waals surface area contributed by atoms with Gasteiger partial charge in [-0.05, 0) is 69.1 Å². The van der Waals surface area contributed by atoms with E-state index in [0.29, 0.717) is 45.2 Å². The molecule has 1 aromatic rings. The van der Waals surface area contributed by atoms with Gasteiger partial charge in [-0.1, -0.05) is 36.4 Å². The second-order valence-corrected chi connectivity index (χ2v) is 11.7. The number of ether oxygens (including phenoxy) is 2. The summed E-state index contributed by atoms with van der Waals surface area (Å²) in [7, 11) is 1.62. The number of carbonyl (C=O) groups is 3. The van der Waals surface area contributed by atoms with Crippen LogP contribution >= 0.6 is 0 Å². The van der Waals surface area contributed by atoms with Crippen molar-refractivity contribution in [1.29, 1.82) is 0 Å². The number of nitrogens with zero attached hydrogens (tertiary/aromatic N) is 2. The molecule has 1 N–H and O–H groups in total. The Bertz CT molecular complexity index is 1160. The first-order valence-corrected chi connectivity index (χ1v) is 14.7. The number of hydrogen-bond acceptors (Lipinski definition) is 6. The normalized spacial score (nSPS) is 31.8. The highest BCUT2D eigenvalue weighted by molar-refractivity contribution is 5.87. The molecule has 40 heavy (non-hydrogen) atoms. The standard InChI is InChI=1S/C32H42N2O6/c1-3-40-28(37)20-32-26-16-18-33-27(36)11-9-7-5-4-6-8-10-17-31(22-35,30(32)33)19-25(26)29(38)34(32)21-23-12-14-24(39-2)15-13-23/h4-6,8,12-15,25-26,30,35H,3,7,9-11,16-22H2,1-2H3/t25-,26+,30-,31-,32-/m0/s1. The van der Waals surface area contributed by atoms with Crippen LogP contribution in [-0.2, 0) is 25.7 Å². The van der Waals surface area contributed by atoms with Gasteiger partial charge in [0, 0.05) is 30.8 Å². The number of amides is 2. The fourth-order valence-corrected chi connectivity index (χ4v) is 8.12. The van der Waals surface area contributed by atoms with Crippen LogP contribution in [0.1, 0.15) is 63.9 Å². The highest BCUT2D eigenvalue weighted by Gasteiger charge is 2.73. The molecule has 1 aromatic carbocycles. The largest absolute Gasteiger partial charge is 0.497 e. The Morgan fingerprint density at radius 3 is 2.58 bits per heavy atom. The van der Waals surface area contributed by atoms with Crippen molar-refractivity contribution >= 4 is 17.8 Å². The number of piperidine rings is 1. The summed E-state index contributed by atoms with van der Waals surface area (Å²) in [4.78, 5) is 45.4. The molecule has 8 heteroatoms. The summed E-state index contributed by atoms with van der Waals surface area (Å²) in [5.74, 6) is 0.00357. The number of rotatable bonds is 7. The molecule has 5 rings (SSSR count). The zero-order valence-corrected chi connectivity index (χ0v) is 23.7. The van der Waals surface area contributed by atoms with Crippen LogP contribution in [0.25, 0.3) is 0 Å². The van der Waals surface area contributed by atoms with Crippen molar-refractivity contribution in [2.45, 2.75) is 76.4 Å². The Morgan fingerprint density at radius 1 is 1.12 bits per heavy atom. The average Bonchev–Trinajstić information content (AvgIpc) is 3.12. The molecule has 0 aromatic heterocycles. The molecule has 1 aliphatic carbocycles. The van der Waals surface area contributed by atoms with Gasteiger partial charge in [0.05, 0.1) is 38.3 Å². The molecule has 216 valence electrons. The topological polar surface area (TPSA) is 96.4 Å². The molecule has 3 fully saturated rings. The molecule has 8 nitrogen and oxygen atoms in total. The Morgan fingerprint density at radius 2 is 1.88 bits per heavy atom. The van der Waals surface area contributed by atoms with E-state index in [1.54, 1.807) is 14.0 Å². The molecule has 0 unspecified atom stereocenters. The number of aliphatic hydroxyl groups is 1. The number of likely N-dealkylation sites (tertiary alicyclic amines) is 1. The van der Waals surface area contributed by atoms with E-state index in [1.165, 1.54) is 0 Å². The zero-order chi connectivity index (χ0) is 28.3. The van der Waals surface area contributed by atoms with Crippen molar-refractivity contribution in [3.63, 3.8) is 0 Å². The van der Waals surface area contributed by atoms with E-state index in [4.69, 9.17) is 9.47 Å². The van der Waals surface area contributed by atoms with Gasteiger partial charge in [0.2, 0.25) is 11.8 Å². The number of allylic oxidation sites excluding steroid dienone is 4. The highest BCUT2D eigenvalue weighted by Crippen LogP contribution is 2.63. The number of methoxy groups -OCH3 is 1. The molecular formula is C32H42N2O6. The lowest BCUT2D eigenvalue weighted by atomic mass is 9.51. The summed E-state index contributed by atoms with van der Waals surface area (Å²) >= 11 is 0. The number of carbonyl (C=O) groups excluding carboxylic acids is 3. The molecule has 0 radical (unpaired) electrons. The first kappa shape index (κ1) is 28.4. The third-order valence-electron chi connectivity index (χ3n) is 9.71. The fourth-order valence-electron chi connectivity index (χ4n) is 8.12. The maximum atomic E-state index is 14.3. The van der Waals surface area contributed by atoms with Crippen molar-refractivity contribution in [1.82, 2.24) is 9.80 Å². The van der Waals surface area contributed by atoms with E-state index in [0.717, 1.165) is 24.2 Å². The van der Waals surface area contributed by atoms with E-state index < -0.39 is 17.0 Å². The third kappa shape index (κ3) is 4.84. The lowest BCUT2D eigenvalue weighted by molar-refractivity contribution is -0.180. The Hall–Kier alpha value is -3.13. The summed E-state index contributed by atoms with van der Waals surface area (Å²) in [6.45, 7) is 2.73. The Kier molecular flexibility index (Phi) is 8.36. The minimum Gasteiger partial charge on any atom is -0.497 e. The molecule has 1 saturated carbocycles. The minimum absolute atomic E-state index is 0.0114. The summed E-state index contributed by atoms with van der Waals surface area (Å²) < 4.78 is 10.8.